The molecule has 1 amide bonds. The lowest BCUT2D eigenvalue weighted by atomic mass is 10.2. The molecule has 2 aromatic carbocycles. The van der Waals surface area contributed by atoms with Gasteiger partial charge in [-0.25, -0.2) is 4.68 Å². The monoisotopic (exact) mass is 351 g/mol. The second kappa shape index (κ2) is 7.74. The molecule has 0 spiro atoms. The summed E-state index contributed by atoms with van der Waals surface area (Å²) in [6.45, 7) is 4.33. The summed E-state index contributed by atoms with van der Waals surface area (Å²) >= 11 is 0. The minimum absolute atomic E-state index is 0.290. The van der Waals surface area contributed by atoms with Gasteiger partial charge in [-0.3, -0.25) is 4.79 Å². The molecule has 134 valence electrons. The number of aryl methyl sites for hydroxylation is 1. The molecule has 0 aliphatic heterocycles. The zero-order valence-corrected chi connectivity index (χ0v) is 15.0. The third-order valence-electron chi connectivity index (χ3n) is 3.85. The summed E-state index contributed by atoms with van der Waals surface area (Å²) in [5.41, 5.74) is 2.63. The van der Waals surface area contributed by atoms with E-state index in [0.29, 0.717) is 23.7 Å². The predicted octanol–water partition coefficient (Wildman–Crippen LogP) is 3.84. The Hall–Kier alpha value is -3.28. The maximum Gasteiger partial charge on any atom is 0.276 e. The van der Waals surface area contributed by atoms with E-state index in [2.05, 4.69) is 10.4 Å². The molecule has 0 unspecified atom stereocenters. The van der Waals surface area contributed by atoms with Gasteiger partial charge >= 0.3 is 0 Å². The second-order valence-electron chi connectivity index (χ2n) is 5.67. The fourth-order valence-corrected chi connectivity index (χ4v) is 2.63. The van der Waals surface area contributed by atoms with E-state index in [9.17, 15) is 4.79 Å². The van der Waals surface area contributed by atoms with Crippen LogP contribution in [0.4, 0.5) is 5.69 Å². The lowest BCUT2D eigenvalue weighted by Crippen LogP contribution is -2.14. The fraction of sp³-hybridized carbons (Fsp3) is 0.200. The molecule has 6 nitrogen and oxygen atoms in total. The quantitative estimate of drug-likeness (QED) is 0.733. The van der Waals surface area contributed by atoms with E-state index in [0.717, 1.165) is 17.1 Å². The summed E-state index contributed by atoms with van der Waals surface area (Å²) in [6, 6.07) is 16.6. The lowest BCUT2D eigenvalue weighted by molar-refractivity contribution is 0.102. The molecule has 1 heterocycles. The molecule has 0 bridgehead atoms. The third-order valence-corrected chi connectivity index (χ3v) is 3.85. The van der Waals surface area contributed by atoms with Gasteiger partial charge in [0, 0.05) is 11.8 Å². The van der Waals surface area contributed by atoms with Crippen LogP contribution >= 0.6 is 0 Å². The molecular weight excluding hydrogens is 330 g/mol. The van der Waals surface area contributed by atoms with Gasteiger partial charge in [0.25, 0.3) is 5.91 Å². The van der Waals surface area contributed by atoms with E-state index >= 15 is 0 Å². The summed E-state index contributed by atoms with van der Waals surface area (Å²) < 4.78 is 12.5. The first-order chi connectivity index (χ1) is 12.6. The van der Waals surface area contributed by atoms with Crippen molar-refractivity contribution >= 4 is 11.6 Å². The van der Waals surface area contributed by atoms with Crippen LogP contribution in [0.25, 0.3) is 5.69 Å². The molecule has 1 aromatic heterocycles. The number of para-hydroxylation sites is 2. The van der Waals surface area contributed by atoms with Gasteiger partial charge < -0.3 is 14.8 Å². The molecule has 0 saturated heterocycles. The maximum atomic E-state index is 12.6. The van der Waals surface area contributed by atoms with Crippen LogP contribution in [-0.4, -0.2) is 29.4 Å². The van der Waals surface area contributed by atoms with Crippen molar-refractivity contribution in [3.63, 3.8) is 0 Å². The minimum atomic E-state index is -0.290. The summed E-state index contributed by atoms with van der Waals surface area (Å²) in [5, 5.41) is 7.30. The minimum Gasteiger partial charge on any atom is -0.497 e. The van der Waals surface area contributed by atoms with Gasteiger partial charge in [-0.05, 0) is 44.2 Å². The number of carbonyl (C=O) groups excluding carboxylic acids is 1. The van der Waals surface area contributed by atoms with E-state index in [4.69, 9.17) is 9.47 Å². The SMILES string of the molecule is CCOc1ccccc1NC(=O)c1cc(C)n(-c2cccc(OC)c2)n1. The van der Waals surface area contributed by atoms with Crippen LogP contribution < -0.4 is 14.8 Å². The van der Waals surface area contributed by atoms with Gasteiger partial charge in [-0.15, -0.1) is 0 Å². The largest absolute Gasteiger partial charge is 0.497 e. The summed E-state index contributed by atoms with van der Waals surface area (Å²) in [5.74, 6) is 1.07. The number of anilines is 1. The highest BCUT2D eigenvalue weighted by molar-refractivity contribution is 6.03. The number of aromatic nitrogens is 2. The van der Waals surface area contributed by atoms with E-state index in [-0.39, 0.29) is 5.91 Å². The second-order valence-corrected chi connectivity index (χ2v) is 5.67. The van der Waals surface area contributed by atoms with Crippen molar-refractivity contribution in [2.45, 2.75) is 13.8 Å². The van der Waals surface area contributed by atoms with Gasteiger partial charge in [-0.2, -0.15) is 5.10 Å². The standard InChI is InChI=1S/C20H21N3O3/c1-4-26-19-11-6-5-10-17(19)21-20(24)18-12-14(2)23(22-18)15-8-7-9-16(13-15)25-3/h5-13H,4H2,1-3H3,(H,21,24). The Morgan fingerprint density at radius 3 is 2.73 bits per heavy atom. The van der Waals surface area contributed by atoms with E-state index in [1.165, 1.54) is 0 Å². The molecular formula is C20H21N3O3. The fourth-order valence-electron chi connectivity index (χ4n) is 2.63. The maximum absolute atomic E-state index is 12.6. The van der Waals surface area contributed by atoms with E-state index in [1.54, 1.807) is 23.9 Å². The Balaban J connectivity index is 1.85. The number of rotatable bonds is 6. The molecule has 0 aliphatic carbocycles. The van der Waals surface area contributed by atoms with Crippen LogP contribution in [0, 0.1) is 6.92 Å². The molecule has 0 radical (unpaired) electrons. The average Bonchev–Trinajstić information content (AvgIpc) is 3.05. The van der Waals surface area contributed by atoms with Crippen molar-refractivity contribution in [3.05, 3.63) is 66.0 Å². The van der Waals surface area contributed by atoms with Crippen molar-refractivity contribution in [3.8, 4) is 17.2 Å². The summed E-state index contributed by atoms with van der Waals surface area (Å²) in [6.07, 6.45) is 0. The van der Waals surface area contributed by atoms with Crippen LogP contribution in [0.15, 0.2) is 54.6 Å². The summed E-state index contributed by atoms with van der Waals surface area (Å²) in [7, 11) is 1.61. The van der Waals surface area contributed by atoms with Gasteiger partial charge in [0.15, 0.2) is 5.69 Å². The van der Waals surface area contributed by atoms with E-state index < -0.39 is 0 Å². The van der Waals surface area contributed by atoms with Crippen LogP contribution in [-0.2, 0) is 0 Å². The van der Waals surface area contributed by atoms with Crippen LogP contribution in [0.3, 0.4) is 0 Å². The molecule has 0 saturated carbocycles. The zero-order chi connectivity index (χ0) is 18.5. The van der Waals surface area contributed by atoms with Gasteiger partial charge in [-0.1, -0.05) is 18.2 Å². The van der Waals surface area contributed by atoms with Gasteiger partial charge in [0.2, 0.25) is 0 Å². The van der Waals surface area contributed by atoms with Gasteiger partial charge in [0.05, 0.1) is 25.1 Å². The normalized spacial score (nSPS) is 10.4. The molecule has 26 heavy (non-hydrogen) atoms. The van der Waals surface area contributed by atoms with Crippen molar-refractivity contribution in [2.24, 2.45) is 0 Å². The van der Waals surface area contributed by atoms with Crippen molar-refractivity contribution in [1.29, 1.82) is 0 Å². The highest BCUT2D eigenvalue weighted by Crippen LogP contribution is 2.24. The number of benzene rings is 2. The highest BCUT2D eigenvalue weighted by atomic mass is 16.5. The van der Waals surface area contributed by atoms with Crippen molar-refractivity contribution < 1.29 is 14.3 Å². The molecule has 0 aliphatic rings. The number of hydrogen-bond acceptors (Lipinski definition) is 4. The topological polar surface area (TPSA) is 65.4 Å². The summed E-state index contributed by atoms with van der Waals surface area (Å²) in [4.78, 5) is 12.6. The first-order valence-corrected chi connectivity index (χ1v) is 8.36. The number of ether oxygens (including phenoxy) is 2. The molecule has 3 rings (SSSR count). The van der Waals surface area contributed by atoms with Gasteiger partial charge in [0.1, 0.15) is 11.5 Å². The molecule has 0 fully saturated rings. The Morgan fingerprint density at radius 2 is 1.96 bits per heavy atom. The van der Waals surface area contributed by atoms with Crippen LogP contribution in [0.5, 0.6) is 11.5 Å². The number of hydrogen-bond donors (Lipinski definition) is 1. The number of nitrogens with zero attached hydrogens (tertiary/aromatic N) is 2. The first kappa shape index (κ1) is 17.5. The lowest BCUT2D eigenvalue weighted by Gasteiger charge is -2.10. The smallest absolute Gasteiger partial charge is 0.276 e. The van der Waals surface area contributed by atoms with E-state index in [1.807, 2.05) is 56.3 Å². The number of methoxy groups -OCH3 is 1. The highest BCUT2D eigenvalue weighted by Gasteiger charge is 2.15. The van der Waals surface area contributed by atoms with Crippen molar-refractivity contribution in [1.82, 2.24) is 9.78 Å². The number of amides is 1. The Kier molecular flexibility index (Phi) is 5.22. The zero-order valence-electron chi connectivity index (χ0n) is 15.0. The predicted molar refractivity (Wildman–Crippen MR) is 100 cm³/mol. The number of carbonyl (C=O) groups is 1. The molecule has 0 atom stereocenters. The Labute approximate surface area is 152 Å². The molecule has 6 heteroatoms. The number of nitrogens with one attached hydrogen (secondary N) is 1. The van der Waals surface area contributed by atoms with Crippen molar-refractivity contribution in [2.75, 3.05) is 19.0 Å². The van der Waals surface area contributed by atoms with Crippen LogP contribution in [0.2, 0.25) is 0 Å². The Bertz CT molecular complexity index is 918. The first-order valence-electron chi connectivity index (χ1n) is 8.36. The molecule has 1 N–H and O–H groups in total. The Morgan fingerprint density at radius 1 is 1.15 bits per heavy atom. The van der Waals surface area contributed by atoms with Crippen LogP contribution in [0.1, 0.15) is 23.1 Å². The average molecular weight is 351 g/mol. The third kappa shape index (κ3) is 3.69. The molecule has 3 aromatic rings.